The minimum absolute atomic E-state index is 0.311. The van der Waals surface area contributed by atoms with E-state index in [1.165, 1.54) is 6.26 Å². The highest BCUT2D eigenvalue weighted by molar-refractivity contribution is 7.91. The topological polar surface area (TPSA) is 46.6 Å². The van der Waals surface area contributed by atoms with Gasteiger partial charge in [-0.2, -0.15) is 0 Å². The van der Waals surface area contributed by atoms with Crippen LogP contribution in [0.25, 0.3) is 0 Å². The van der Waals surface area contributed by atoms with Gasteiger partial charge in [-0.05, 0) is 20.9 Å². The van der Waals surface area contributed by atoms with Crippen molar-refractivity contribution in [2.75, 3.05) is 39.6 Å². The second-order valence-electron chi connectivity index (χ2n) is 3.60. The van der Waals surface area contributed by atoms with Crippen molar-refractivity contribution in [3.63, 3.8) is 0 Å². The largest absolute Gasteiger partial charge is 0.380 e. The van der Waals surface area contributed by atoms with Gasteiger partial charge in [0.15, 0.2) is 9.84 Å². The molecule has 0 aliphatic carbocycles. The quantitative estimate of drug-likeness (QED) is 0.586. The van der Waals surface area contributed by atoms with E-state index in [1.807, 2.05) is 18.9 Å². The average molecular weight is 223 g/mol. The minimum atomic E-state index is -2.91. The van der Waals surface area contributed by atoms with Crippen LogP contribution in [0.3, 0.4) is 0 Å². The van der Waals surface area contributed by atoms with Gasteiger partial charge in [-0.3, -0.25) is 0 Å². The van der Waals surface area contributed by atoms with Gasteiger partial charge in [-0.15, -0.1) is 0 Å². The molecule has 0 N–H and O–H groups in total. The molecule has 0 amide bonds. The summed E-state index contributed by atoms with van der Waals surface area (Å²) < 4.78 is 27.5. The van der Waals surface area contributed by atoms with E-state index in [1.54, 1.807) is 6.92 Å². The number of ether oxygens (including phenoxy) is 1. The third-order valence-electron chi connectivity index (χ3n) is 2.12. The molecule has 1 unspecified atom stereocenters. The zero-order chi connectivity index (χ0) is 11.2. The predicted octanol–water partition coefficient (Wildman–Crippen LogP) is 0.388. The van der Waals surface area contributed by atoms with Gasteiger partial charge in [-0.1, -0.05) is 0 Å². The SMILES string of the molecule is CCOCCN(C)CC(C)S(C)(=O)=O. The molecular formula is C9H21NO3S. The van der Waals surface area contributed by atoms with Crippen LogP contribution in [0, 0.1) is 0 Å². The zero-order valence-electron chi connectivity index (χ0n) is 9.49. The average Bonchev–Trinajstić information content (AvgIpc) is 2.03. The molecule has 0 spiro atoms. The van der Waals surface area contributed by atoms with E-state index in [4.69, 9.17) is 4.74 Å². The molecule has 0 saturated heterocycles. The summed E-state index contributed by atoms with van der Waals surface area (Å²) in [4.78, 5) is 1.97. The van der Waals surface area contributed by atoms with Crippen molar-refractivity contribution in [3.05, 3.63) is 0 Å². The molecule has 1 atom stereocenters. The summed E-state index contributed by atoms with van der Waals surface area (Å²) in [5, 5.41) is -0.311. The van der Waals surface area contributed by atoms with Crippen LogP contribution in [0.5, 0.6) is 0 Å². The molecule has 0 heterocycles. The number of likely N-dealkylation sites (N-methyl/N-ethyl adjacent to an activating group) is 1. The van der Waals surface area contributed by atoms with Gasteiger partial charge in [0.2, 0.25) is 0 Å². The number of nitrogens with zero attached hydrogens (tertiary/aromatic N) is 1. The number of sulfone groups is 1. The molecule has 0 aromatic carbocycles. The first-order valence-electron chi connectivity index (χ1n) is 4.83. The summed E-state index contributed by atoms with van der Waals surface area (Å²) in [7, 11) is -1.01. The highest BCUT2D eigenvalue weighted by atomic mass is 32.2. The standard InChI is InChI=1S/C9H21NO3S/c1-5-13-7-6-10(3)8-9(2)14(4,11)12/h9H,5-8H2,1-4H3. The lowest BCUT2D eigenvalue weighted by atomic mass is 10.4. The van der Waals surface area contributed by atoms with Gasteiger partial charge in [0.25, 0.3) is 0 Å². The Morgan fingerprint density at radius 1 is 1.43 bits per heavy atom. The van der Waals surface area contributed by atoms with Crippen LogP contribution in [-0.4, -0.2) is 58.2 Å². The Morgan fingerprint density at radius 2 is 2.00 bits per heavy atom. The minimum Gasteiger partial charge on any atom is -0.380 e. The molecule has 86 valence electrons. The van der Waals surface area contributed by atoms with Gasteiger partial charge >= 0.3 is 0 Å². The Morgan fingerprint density at radius 3 is 2.43 bits per heavy atom. The normalized spacial score (nSPS) is 14.6. The Kier molecular flexibility index (Phi) is 6.31. The van der Waals surface area contributed by atoms with E-state index in [2.05, 4.69) is 0 Å². The molecule has 14 heavy (non-hydrogen) atoms. The molecule has 0 bridgehead atoms. The van der Waals surface area contributed by atoms with Gasteiger partial charge in [0.1, 0.15) is 0 Å². The molecule has 4 nitrogen and oxygen atoms in total. The summed E-state index contributed by atoms with van der Waals surface area (Å²) in [5.41, 5.74) is 0. The fourth-order valence-corrected chi connectivity index (χ4v) is 1.56. The lowest BCUT2D eigenvalue weighted by Gasteiger charge is -2.19. The van der Waals surface area contributed by atoms with Gasteiger partial charge < -0.3 is 9.64 Å². The maximum Gasteiger partial charge on any atom is 0.151 e. The van der Waals surface area contributed by atoms with Crippen LogP contribution in [0.4, 0.5) is 0 Å². The fourth-order valence-electron chi connectivity index (χ4n) is 1.03. The number of hydrogen-bond donors (Lipinski definition) is 0. The van der Waals surface area contributed by atoms with E-state index < -0.39 is 9.84 Å². The Hall–Kier alpha value is -0.130. The monoisotopic (exact) mass is 223 g/mol. The van der Waals surface area contributed by atoms with Crippen molar-refractivity contribution in [3.8, 4) is 0 Å². The second-order valence-corrected chi connectivity index (χ2v) is 6.06. The van der Waals surface area contributed by atoms with E-state index in [0.29, 0.717) is 19.8 Å². The van der Waals surface area contributed by atoms with E-state index in [0.717, 1.165) is 6.54 Å². The van der Waals surface area contributed by atoms with Crippen molar-refractivity contribution in [1.82, 2.24) is 4.90 Å². The maximum absolute atomic E-state index is 11.1. The predicted molar refractivity (Wildman–Crippen MR) is 58.3 cm³/mol. The van der Waals surface area contributed by atoms with E-state index >= 15 is 0 Å². The van der Waals surface area contributed by atoms with Gasteiger partial charge in [0.05, 0.1) is 11.9 Å². The van der Waals surface area contributed by atoms with Crippen LogP contribution < -0.4 is 0 Å². The van der Waals surface area contributed by atoms with E-state index in [-0.39, 0.29) is 5.25 Å². The third-order valence-corrected chi connectivity index (χ3v) is 3.73. The van der Waals surface area contributed by atoms with Crippen molar-refractivity contribution >= 4 is 9.84 Å². The summed E-state index contributed by atoms with van der Waals surface area (Å²) in [5.74, 6) is 0. The second kappa shape index (κ2) is 6.37. The lowest BCUT2D eigenvalue weighted by Crippen LogP contribution is -2.34. The molecule has 0 rings (SSSR count). The number of hydrogen-bond acceptors (Lipinski definition) is 4. The first-order chi connectivity index (χ1) is 6.38. The molecule has 0 radical (unpaired) electrons. The zero-order valence-corrected chi connectivity index (χ0v) is 10.3. The highest BCUT2D eigenvalue weighted by Crippen LogP contribution is 1.99. The van der Waals surface area contributed by atoms with Gasteiger partial charge in [-0.25, -0.2) is 8.42 Å². The van der Waals surface area contributed by atoms with Crippen molar-refractivity contribution < 1.29 is 13.2 Å². The van der Waals surface area contributed by atoms with Crippen molar-refractivity contribution in [2.24, 2.45) is 0 Å². The first kappa shape index (κ1) is 13.9. The summed E-state index contributed by atoms with van der Waals surface area (Å²) in [6.07, 6.45) is 1.27. The molecule has 5 heteroatoms. The summed E-state index contributed by atoms with van der Waals surface area (Å²) >= 11 is 0. The lowest BCUT2D eigenvalue weighted by molar-refractivity contribution is 0.122. The fraction of sp³-hybridized carbons (Fsp3) is 1.00. The van der Waals surface area contributed by atoms with Crippen LogP contribution in [0.1, 0.15) is 13.8 Å². The Labute approximate surface area is 87.2 Å². The van der Waals surface area contributed by atoms with Crippen molar-refractivity contribution in [1.29, 1.82) is 0 Å². The molecule has 0 fully saturated rings. The molecule has 0 aliphatic rings. The van der Waals surface area contributed by atoms with Crippen molar-refractivity contribution in [2.45, 2.75) is 19.1 Å². The Balaban J connectivity index is 3.77. The number of rotatable bonds is 7. The van der Waals surface area contributed by atoms with Crippen LogP contribution >= 0.6 is 0 Å². The maximum atomic E-state index is 11.1. The molecule has 0 saturated carbocycles. The molecule has 0 aliphatic heterocycles. The third kappa shape index (κ3) is 6.34. The van der Waals surface area contributed by atoms with E-state index in [9.17, 15) is 8.42 Å². The summed E-state index contributed by atoms with van der Waals surface area (Å²) in [6, 6.07) is 0. The molecule has 0 aromatic heterocycles. The smallest absolute Gasteiger partial charge is 0.151 e. The summed E-state index contributed by atoms with van der Waals surface area (Å²) in [6.45, 7) is 6.37. The van der Waals surface area contributed by atoms with Crippen LogP contribution in [0.15, 0.2) is 0 Å². The molecule has 0 aromatic rings. The first-order valence-corrected chi connectivity index (χ1v) is 6.78. The highest BCUT2D eigenvalue weighted by Gasteiger charge is 2.16. The van der Waals surface area contributed by atoms with Crippen LogP contribution in [0.2, 0.25) is 0 Å². The van der Waals surface area contributed by atoms with Gasteiger partial charge in [0, 0.05) is 26.0 Å². The van der Waals surface area contributed by atoms with Crippen LogP contribution in [-0.2, 0) is 14.6 Å². The Bertz CT molecular complexity index is 238. The molecular weight excluding hydrogens is 202 g/mol.